The van der Waals surface area contributed by atoms with Gasteiger partial charge in [0, 0.05) is 19.6 Å². The standard InChI is InChI=1S/C20H24N2O4S/c23-18-10-8-16(9-11-18)12-13-21-20(24)17-5-4-14-22(15-17)27(25,26)19-6-2-1-3-7-19/h1-3,6-11,17,23H,4-5,12-15H2,(H,21,24)/t17-/m0/s1. The summed E-state index contributed by atoms with van der Waals surface area (Å²) in [6.45, 7) is 1.13. The first-order valence-electron chi connectivity index (χ1n) is 9.07. The third-order valence-electron chi connectivity index (χ3n) is 4.79. The lowest BCUT2D eigenvalue weighted by atomic mass is 9.99. The highest BCUT2D eigenvalue weighted by Crippen LogP contribution is 2.23. The van der Waals surface area contributed by atoms with Crippen LogP contribution in [0, 0.1) is 5.92 Å². The normalized spacial score (nSPS) is 18.1. The van der Waals surface area contributed by atoms with E-state index in [1.165, 1.54) is 4.31 Å². The number of amides is 1. The first kappa shape index (κ1) is 19.4. The van der Waals surface area contributed by atoms with Crippen molar-refractivity contribution in [1.29, 1.82) is 0 Å². The highest BCUT2D eigenvalue weighted by molar-refractivity contribution is 7.89. The molecule has 7 heteroatoms. The van der Waals surface area contributed by atoms with Gasteiger partial charge in [-0.05, 0) is 49.1 Å². The summed E-state index contributed by atoms with van der Waals surface area (Å²) in [4.78, 5) is 12.7. The van der Waals surface area contributed by atoms with Gasteiger partial charge >= 0.3 is 0 Å². The van der Waals surface area contributed by atoms with Gasteiger partial charge in [-0.3, -0.25) is 4.79 Å². The zero-order valence-electron chi connectivity index (χ0n) is 15.0. The van der Waals surface area contributed by atoms with E-state index in [-0.39, 0.29) is 29.0 Å². The molecular weight excluding hydrogens is 364 g/mol. The molecule has 144 valence electrons. The van der Waals surface area contributed by atoms with Gasteiger partial charge in [-0.2, -0.15) is 4.31 Å². The molecule has 1 amide bonds. The van der Waals surface area contributed by atoms with Gasteiger partial charge in [-0.25, -0.2) is 8.42 Å². The number of piperidine rings is 1. The molecule has 27 heavy (non-hydrogen) atoms. The summed E-state index contributed by atoms with van der Waals surface area (Å²) in [5, 5.41) is 12.2. The van der Waals surface area contributed by atoms with Crippen molar-refractivity contribution in [2.45, 2.75) is 24.2 Å². The first-order valence-corrected chi connectivity index (χ1v) is 10.5. The number of benzene rings is 2. The number of phenols is 1. The topological polar surface area (TPSA) is 86.7 Å². The van der Waals surface area contributed by atoms with E-state index < -0.39 is 10.0 Å². The Hall–Kier alpha value is -2.38. The molecule has 6 nitrogen and oxygen atoms in total. The fraction of sp³-hybridized carbons (Fsp3) is 0.350. The third kappa shape index (κ3) is 4.87. The summed E-state index contributed by atoms with van der Waals surface area (Å²) in [6, 6.07) is 15.2. The zero-order valence-corrected chi connectivity index (χ0v) is 15.9. The number of nitrogens with one attached hydrogen (secondary N) is 1. The lowest BCUT2D eigenvalue weighted by Gasteiger charge is -2.31. The first-order chi connectivity index (χ1) is 13.0. The predicted molar refractivity (Wildman–Crippen MR) is 103 cm³/mol. The van der Waals surface area contributed by atoms with Crippen LogP contribution in [0.5, 0.6) is 5.75 Å². The molecule has 2 N–H and O–H groups in total. The molecule has 0 radical (unpaired) electrons. The fourth-order valence-corrected chi connectivity index (χ4v) is 4.80. The van der Waals surface area contributed by atoms with Crippen LogP contribution in [0.4, 0.5) is 0 Å². The Balaban J connectivity index is 1.55. The second kappa shape index (κ2) is 8.54. The van der Waals surface area contributed by atoms with Crippen molar-refractivity contribution in [3.63, 3.8) is 0 Å². The van der Waals surface area contributed by atoms with Crippen molar-refractivity contribution in [3.05, 3.63) is 60.2 Å². The molecule has 0 bridgehead atoms. The molecule has 2 aromatic carbocycles. The molecule has 0 spiro atoms. The molecule has 1 fully saturated rings. The van der Waals surface area contributed by atoms with E-state index in [0.29, 0.717) is 32.4 Å². The highest BCUT2D eigenvalue weighted by Gasteiger charge is 2.33. The maximum Gasteiger partial charge on any atom is 0.243 e. The summed E-state index contributed by atoms with van der Waals surface area (Å²) in [6.07, 6.45) is 2.01. The number of hydrogen-bond acceptors (Lipinski definition) is 4. The van der Waals surface area contributed by atoms with Crippen LogP contribution in [0.3, 0.4) is 0 Å². The molecule has 0 unspecified atom stereocenters. The van der Waals surface area contributed by atoms with Gasteiger partial charge in [0.15, 0.2) is 0 Å². The largest absolute Gasteiger partial charge is 0.508 e. The Labute approximate surface area is 159 Å². The molecule has 1 saturated heterocycles. The van der Waals surface area contributed by atoms with Crippen molar-refractivity contribution < 1.29 is 18.3 Å². The van der Waals surface area contributed by atoms with Gasteiger partial charge in [-0.1, -0.05) is 30.3 Å². The van der Waals surface area contributed by atoms with Crippen LogP contribution in [0.1, 0.15) is 18.4 Å². The van der Waals surface area contributed by atoms with Gasteiger partial charge in [-0.15, -0.1) is 0 Å². The Morgan fingerprint density at radius 2 is 1.81 bits per heavy atom. The molecule has 1 aliphatic rings. The molecular formula is C20H24N2O4S. The Kier molecular flexibility index (Phi) is 6.13. The van der Waals surface area contributed by atoms with Crippen LogP contribution in [0.25, 0.3) is 0 Å². The minimum atomic E-state index is -3.57. The maximum atomic E-state index is 12.8. The number of hydrogen-bond donors (Lipinski definition) is 2. The molecule has 3 rings (SSSR count). The minimum absolute atomic E-state index is 0.109. The minimum Gasteiger partial charge on any atom is -0.508 e. The van der Waals surface area contributed by atoms with E-state index in [0.717, 1.165) is 5.56 Å². The predicted octanol–water partition coefficient (Wildman–Crippen LogP) is 2.15. The van der Waals surface area contributed by atoms with E-state index in [9.17, 15) is 18.3 Å². The van der Waals surface area contributed by atoms with E-state index in [1.807, 2.05) is 12.1 Å². The van der Waals surface area contributed by atoms with Crippen LogP contribution in [-0.2, 0) is 21.2 Å². The second-order valence-corrected chi connectivity index (χ2v) is 8.66. The monoisotopic (exact) mass is 388 g/mol. The van der Waals surface area contributed by atoms with Gasteiger partial charge in [0.1, 0.15) is 5.75 Å². The summed E-state index contributed by atoms with van der Waals surface area (Å²) < 4.78 is 26.9. The zero-order chi connectivity index (χ0) is 19.3. The summed E-state index contributed by atoms with van der Waals surface area (Å²) in [5.41, 5.74) is 1.02. The van der Waals surface area contributed by atoms with Crippen LogP contribution < -0.4 is 5.32 Å². The Morgan fingerprint density at radius 1 is 1.11 bits per heavy atom. The number of nitrogens with zero attached hydrogens (tertiary/aromatic N) is 1. The van der Waals surface area contributed by atoms with Crippen molar-refractivity contribution in [1.82, 2.24) is 9.62 Å². The molecule has 1 atom stereocenters. The van der Waals surface area contributed by atoms with E-state index in [1.54, 1.807) is 42.5 Å². The number of carbonyl (C=O) groups excluding carboxylic acids is 1. The number of rotatable bonds is 6. The lowest BCUT2D eigenvalue weighted by molar-refractivity contribution is -0.126. The van der Waals surface area contributed by atoms with Crippen molar-refractivity contribution in [2.24, 2.45) is 5.92 Å². The summed E-state index contributed by atoms with van der Waals surface area (Å²) >= 11 is 0. The quantitative estimate of drug-likeness (QED) is 0.794. The smallest absolute Gasteiger partial charge is 0.243 e. The lowest BCUT2D eigenvalue weighted by Crippen LogP contribution is -2.45. The summed E-state index contributed by atoms with van der Waals surface area (Å²) in [7, 11) is -3.57. The van der Waals surface area contributed by atoms with E-state index in [2.05, 4.69) is 5.32 Å². The average molecular weight is 388 g/mol. The maximum absolute atomic E-state index is 12.8. The molecule has 1 heterocycles. The van der Waals surface area contributed by atoms with Crippen LogP contribution in [0.2, 0.25) is 0 Å². The fourth-order valence-electron chi connectivity index (χ4n) is 3.25. The Morgan fingerprint density at radius 3 is 2.52 bits per heavy atom. The molecule has 2 aromatic rings. The van der Waals surface area contributed by atoms with Crippen molar-refractivity contribution >= 4 is 15.9 Å². The average Bonchev–Trinajstić information content (AvgIpc) is 2.70. The number of sulfonamides is 1. The van der Waals surface area contributed by atoms with Crippen LogP contribution >= 0.6 is 0 Å². The second-order valence-electron chi connectivity index (χ2n) is 6.72. The third-order valence-corrected chi connectivity index (χ3v) is 6.66. The van der Waals surface area contributed by atoms with Gasteiger partial charge in [0.2, 0.25) is 15.9 Å². The number of carbonyl (C=O) groups is 1. The van der Waals surface area contributed by atoms with Gasteiger partial charge < -0.3 is 10.4 Å². The highest BCUT2D eigenvalue weighted by atomic mass is 32.2. The van der Waals surface area contributed by atoms with Crippen LogP contribution in [0.15, 0.2) is 59.5 Å². The van der Waals surface area contributed by atoms with Gasteiger partial charge in [0.05, 0.1) is 10.8 Å². The van der Waals surface area contributed by atoms with Gasteiger partial charge in [0.25, 0.3) is 0 Å². The number of aromatic hydroxyl groups is 1. The SMILES string of the molecule is O=C(NCCc1ccc(O)cc1)[C@H]1CCCN(S(=O)(=O)c2ccccc2)C1. The van der Waals surface area contributed by atoms with E-state index >= 15 is 0 Å². The van der Waals surface area contributed by atoms with Crippen molar-refractivity contribution in [3.8, 4) is 5.75 Å². The molecule has 1 aliphatic heterocycles. The molecule has 0 saturated carbocycles. The van der Waals surface area contributed by atoms with Crippen molar-refractivity contribution in [2.75, 3.05) is 19.6 Å². The number of phenolic OH excluding ortho intramolecular Hbond substituents is 1. The van der Waals surface area contributed by atoms with E-state index in [4.69, 9.17) is 0 Å². The molecule has 0 aliphatic carbocycles. The van der Waals surface area contributed by atoms with Crippen LogP contribution in [-0.4, -0.2) is 43.4 Å². The molecule has 0 aromatic heterocycles. The Bertz CT molecular complexity index is 867. The summed E-state index contributed by atoms with van der Waals surface area (Å²) in [5.74, 6) is -0.233.